The van der Waals surface area contributed by atoms with Crippen LogP contribution in [-0.2, 0) is 11.3 Å². The van der Waals surface area contributed by atoms with Crippen molar-refractivity contribution in [3.63, 3.8) is 0 Å². The Morgan fingerprint density at radius 1 is 1.45 bits per heavy atom. The van der Waals surface area contributed by atoms with Gasteiger partial charge < -0.3 is 9.67 Å². The first-order chi connectivity index (χ1) is 9.52. The molecule has 0 aliphatic carbocycles. The molecule has 0 aliphatic rings. The van der Waals surface area contributed by atoms with Gasteiger partial charge in [0.05, 0.1) is 5.75 Å². The highest BCUT2D eigenvalue weighted by atomic mass is 79.9. The lowest BCUT2D eigenvalue weighted by molar-refractivity contribution is -0.133. The molecule has 7 heteroatoms. The van der Waals surface area contributed by atoms with E-state index >= 15 is 0 Å². The maximum absolute atomic E-state index is 10.7. The molecule has 5 nitrogen and oxygen atoms in total. The molecular formula is C13H14BrN3O2S. The maximum atomic E-state index is 10.7. The van der Waals surface area contributed by atoms with Crippen molar-refractivity contribution in [1.82, 2.24) is 14.8 Å². The molecule has 1 aromatic heterocycles. The average Bonchev–Trinajstić information content (AvgIpc) is 2.79. The van der Waals surface area contributed by atoms with Gasteiger partial charge in [0, 0.05) is 16.6 Å². The van der Waals surface area contributed by atoms with Crippen LogP contribution in [0.5, 0.6) is 0 Å². The Morgan fingerprint density at radius 3 is 2.80 bits per heavy atom. The van der Waals surface area contributed by atoms with E-state index in [2.05, 4.69) is 26.1 Å². The summed E-state index contributed by atoms with van der Waals surface area (Å²) < 4.78 is 2.95. The van der Waals surface area contributed by atoms with Crippen molar-refractivity contribution >= 4 is 33.7 Å². The van der Waals surface area contributed by atoms with Gasteiger partial charge in [0.1, 0.15) is 0 Å². The Labute approximate surface area is 129 Å². The first kappa shape index (κ1) is 15.1. The molecule has 0 bridgehead atoms. The van der Waals surface area contributed by atoms with E-state index in [0.717, 1.165) is 21.4 Å². The zero-order valence-electron chi connectivity index (χ0n) is 11.1. The topological polar surface area (TPSA) is 68.0 Å². The molecule has 1 aromatic carbocycles. The number of thioether (sulfide) groups is 1. The molecule has 20 heavy (non-hydrogen) atoms. The van der Waals surface area contributed by atoms with Crippen LogP contribution in [0.1, 0.15) is 12.5 Å². The van der Waals surface area contributed by atoms with E-state index in [0.29, 0.717) is 11.7 Å². The van der Waals surface area contributed by atoms with E-state index in [1.165, 1.54) is 11.8 Å². The predicted octanol–water partition coefficient (Wildman–Crippen LogP) is 3.21. The Kier molecular flexibility index (Phi) is 4.82. The third-order valence-corrected chi connectivity index (χ3v) is 4.23. The van der Waals surface area contributed by atoms with Crippen LogP contribution in [0.2, 0.25) is 0 Å². The lowest BCUT2D eigenvalue weighted by atomic mass is 10.1. The number of benzene rings is 1. The lowest BCUT2D eigenvalue weighted by Crippen LogP contribution is -2.03. The highest BCUT2D eigenvalue weighted by Gasteiger charge is 2.15. The number of carboxylic acid groups (broad SMARTS) is 1. The van der Waals surface area contributed by atoms with Crippen LogP contribution < -0.4 is 0 Å². The summed E-state index contributed by atoms with van der Waals surface area (Å²) in [7, 11) is 0. The summed E-state index contributed by atoms with van der Waals surface area (Å²) in [5.41, 5.74) is 2.10. The molecule has 0 radical (unpaired) electrons. The summed E-state index contributed by atoms with van der Waals surface area (Å²) in [5, 5.41) is 17.7. The van der Waals surface area contributed by atoms with Gasteiger partial charge in [0.15, 0.2) is 11.0 Å². The third kappa shape index (κ3) is 3.21. The van der Waals surface area contributed by atoms with Gasteiger partial charge in [-0.25, -0.2) is 0 Å². The summed E-state index contributed by atoms with van der Waals surface area (Å²) in [6.45, 7) is 4.70. The molecule has 0 unspecified atom stereocenters. The molecule has 106 valence electrons. The Hall–Kier alpha value is -1.34. The van der Waals surface area contributed by atoms with Gasteiger partial charge in [0.2, 0.25) is 0 Å². The fourth-order valence-electron chi connectivity index (χ4n) is 1.88. The molecule has 0 atom stereocenters. The number of carbonyl (C=O) groups is 1. The summed E-state index contributed by atoms with van der Waals surface area (Å²) in [6.07, 6.45) is 0. The van der Waals surface area contributed by atoms with Crippen molar-refractivity contribution in [2.45, 2.75) is 25.5 Å². The van der Waals surface area contributed by atoms with Crippen LogP contribution in [0.15, 0.2) is 27.8 Å². The minimum absolute atomic E-state index is 0.0164. The number of hydrogen-bond donors (Lipinski definition) is 1. The second-order valence-corrected chi connectivity index (χ2v) is 6.05. The van der Waals surface area contributed by atoms with Crippen LogP contribution in [0, 0.1) is 6.92 Å². The fourth-order valence-corrected chi connectivity index (χ4v) is 3.08. The first-order valence-corrected chi connectivity index (χ1v) is 7.85. The number of hydrogen-bond acceptors (Lipinski definition) is 4. The number of aliphatic carboxylic acids is 1. The molecule has 0 saturated heterocycles. The molecular weight excluding hydrogens is 342 g/mol. The SMILES string of the molecule is CCn1c(SCC(=O)O)nnc1-c1ccc(Br)cc1C. The number of aryl methyl sites for hydroxylation is 1. The summed E-state index contributed by atoms with van der Waals surface area (Å²) in [4.78, 5) is 10.7. The van der Waals surface area contributed by atoms with Gasteiger partial charge in [0.25, 0.3) is 0 Å². The Balaban J connectivity index is 2.39. The third-order valence-electron chi connectivity index (χ3n) is 2.79. The molecule has 0 fully saturated rings. The normalized spacial score (nSPS) is 10.8. The van der Waals surface area contributed by atoms with Crippen molar-refractivity contribution in [3.8, 4) is 11.4 Å². The molecule has 1 heterocycles. The van der Waals surface area contributed by atoms with E-state index in [9.17, 15) is 4.79 Å². The van der Waals surface area contributed by atoms with Crippen molar-refractivity contribution in [2.24, 2.45) is 0 Å². The highest BCUT2D eigenvalue weighted by Crippen LogP contribution is 2.28. The van der Waals surface area contributed by atoms with Gasteiger partial charge in [-0.1, -0.05) is 27.7 Å². The van der Waals surface area contributed by atoms with E-state index < -0.39 is 5.97 Å². The van der Waals surface area contributed by atoms with E-state index in [4.69, 9.17) is 5.11 Å². The summed E-state index contributed by atoms with van der Waals surface area (Å²) in [5.74, 6) is -0.107. The van der Waals surface area contributed by atoms with E-state index in [-0.39, 0.29) is 5.75 Å². The standard InChI is InChI=1S/C13H14BrN3O2S/c1-3-17-12(10-5-4-9(14)6-8(10)2)15-16-13(17)20-7-11(18)19/h4-6H,3,7H2,1-2H3,(H,18,19). The highest BCUT2D eigenvalue weighted by molar-refractivity contribution is 9.10. The van der Waals surface area contributed by atoms with Crippen molar-refractivity contribution in [1.29, 1.82) is 0 Å². The van der Waals surface area contributed by atoms with Crippen LogP contribution in [0.25, 0.3) is 11.4 Å². The van der Waals surface area contributed by atoms with Crippen LogP contribution >= 0.6 is 27.7 Å². The predicted molar refractivity (Wildman–Crippen MR) is 81.9 cm³/mol. The van der Waals surface area contributed by atoms with Gasteiger partial charge in [-0.05, 0) is 37.6 Å². The van der Waals surface area contributed by atoms with Crippen molar-refractivity contribution < 1.29 is 9.90 Å². The van der Waals surface area contributed by atoms with Crippen LogP contribution in [-0.4, -0.2) is 31.6 Å². The quantitative estimate of drug-likeness (QED) is 0.834. The lowest BCUT2D eigenvalue weighted by Gasteiger charge is -2.09. The Bertz CT molecular complexity index is 643. The average molecular weight is 356 g/mol. The van der Waals surface area contributed by atoms with Crippen LogP contribution in [0.3, 0.4) is 0 Å². The zero-order valence-corrected chi connectivity index (χ0v) is 13.5. The molecule has 0 amide bonds. The molecule has 0 spiro atoms. The molecule has 0 saturated carbocycles. The summed E-state index contributed by atoms with van der Waals surface area (Å²) in [6, 6.07) is 5.97. The van der Waals surface area contributed by atoms with Crippen molar-refractivity contribution in [2.75, 3.05) is 5.75 Å². The number of nitrogens with zero attached hydrogens (tertiary/aromatic N) is 3. The fraction of sp³-hybridized carbons (Fsp3) is 0.308. The zero-order chi connectivity index (χ0) is 14.7. The van der Waals surface area contributed by atoms with E-state index in [1.54, 1.807) is 0 Å². The molecule has 1 N–H and O–H groups in total. The number of aromatic nitrogens is 3. The van der Waals surface area contributed by atoms with Crippen LogP contribution in [0.4, 0.5) is 0 Å². The first-order valence-electron chi connectivity index (χ1n) is 6.07. The molecule has 0 aliphatic heterocycles. The molecule has 2 aromatic rings. The Morgan fingerprint density at radius 2 is 2.20 bits per heavy atom. The van der Waals surface area contributed by atoms with Gasteiger partial charge in [-0.15, -0.1) is 10.2 Å². The second kappa shape index (κ2) is 6.41. The maximum Gasteiger partial charge on any atom is 0.313 e. The van der Waals surface area contributed by atoms with Crippen molar-refractivity contribution in [3.05, 3.63) is 28.2 Å². The smallest absolute Gasteiger partial charge is 0.313 e. The van der Waals surface area contributed by atoms with Gasteiger partial charge in [-0.2, -0.15) is 0 Å². The summed E-state index contributed by atoms with van der Waals surface area (Å²) >= 11 is 4.62. The van der Waals surface area contributed by atoms with Gasteiger partial charge in [-0.3, -0.25) is 4.79 Å². The number of rotatable bonds is 5. The van der Waals surface area contributed by atoms with Gasteiger partial charge >= 0.3 is 5.97 Å². The number of halogens is 1. The largest absolute Gasteiger partial charge is 0.481 e. The minimum Gasteiger partial charge on any atom is -0.481 e. The molecule has 2 rings (SSSR count). The number of carboxylic acids is 1. The van der Waals surface area contributed by atoms with E-state index in [1.807, 2.05) is 36.6 Å². The minimum atomic E-state index is -0.859. The monoisotopic (exact) mass is 355 g/mol. The second-order valence-electron chi connectivity index (χ2n) is 4.19.